The first kappa shape index (κ1) is 19.9. The Labute approximate surface area is 159 Å². The lowest BCUT2D eigenvalue weighted by Crippen LogP contribution is -2.41. The Kier molecular flexibility index (Phi) is 7.18. The smallest absolute Gasteiger partial charge is 0.240 e. The molecule has 2 amide bonds. The lowest BCUT2D eigenvalue weighted by atomic mass is 10.2. The van der Waals surface area contributed by atoms with Gasteiger partial charge in [-0.05, 0) is 43.3 Å². The van der Waals surface area contributed by atoms with Gasteiger partial charge in [0.15, 0.2) is 0 Å². The number of benzene rings is 2. The van der Waals surface area contributed by atoms with Crippen LogP contribution in [0.1, 0.15) is 12.5 Å². The van der Waals surface area contributed by atoms with Crippen LogP contribution in [0.4, 0.5) is 11.4 Å². The predicted molar refractivity (Wildman–Crippen MR) is 107 cm³/mol. The van der Waals surface area contributed by atoms with E-state index in [4.69, 9.17) is 11.6 Å². The molecule has 0 heterocycles. The number of anilines is 2. The molecular formula is C20H24ClN3O2. The lowest BCUT2D eigenvalue weighted by molar-refractivity contribution is -0.121. The predicted octanol–water partition coefficient (Wildman–Crippen LogP) is 3.57. The van der Waals surface area contributed by atoms with Crippen LogP contribution in [0.5, 0.6) is 0 Å². The molecule has 2 aromatic rings. The van der Waals surface area contributed by atoms with Gasteiger partial charge in [-0.3, -0.25) is 14.5 Å². The van der Waals surface area contributed by atoms with Crippen LogP contribution in [0.3, 0.4) is 0 Å². The summed E-state index contributed by atoms with van der Waals surface area (Å²) in [5.41, 5.74) is 2.45. The Morgan fingerprint density at radius 3 is 2.42 bits per heavy atom. The second-order valence-corrected chi connectivity index (χ2v) is 6.54. The molecule has 0 atom stereocenters. The van der Waals surface area contributed by atoms with E-state index in [1.165, 1.54) is 0 Å². The van der Waals surface area contributed by atoms with Crippen molar-refractivity contribution in [2.75, 3.05) is 36.9 Å². The summed E-state index contributed by atoms with van der Waals surface area (Å²) < 4.78 is 0. The number of nitrogens with one attached hydrogen (secondary N) is 1. The highest BCUT2D eigenvalue weighted by atomic mass is 35.5. The number of aryl methyl sites for hydroxylation is 1. The number of hydrogen-bond donors (Lipinski definition) is 1. The van der Waals surface area contributed by atoms with Crippen molar-refractivity contribution in [3.63, 3.8) is 0 Å². The Morgan fingerprint density at radius 1 is 1.08 bits per heavy atom. The SMILES string of the molecule is CCN(CC(=O)Nc1cc(Cl)ccc1C)CC(=O)N(C)c1ccccc1. The first-order valence-electron chi connectivity index (χ1n) is 8.50. The topological polar surface area (TPSA) is 52.7 Å². The molecule has 2 aromatic carbocycles. The third-order valence-corrected chi connectivity index (χ3v) is 4.40. The van der Waals surface area contributed by atoms with Gasteiger partial charge in [0.2, 0.25) is 11.8 Å². The van der Waals surface area contributed by atoms with E-state index < -0.39 is 0 Å². The number of amides is 2. The van der Waals surface area contributed by atoms with E-state index in [1.54, 1.807) is 29.0 Å². The lowest BCUT2D eigenvalue weighted by Gasteiger charge is -2.23. The molecule has 0 fully saturated rings. The van der Waals surface area contributed by atoms with Crippen molar-refractivity contribution < 1.29 is 9.59 Å². The van der Waals surface area contributed by atoms with Crippen molar-refractivity contribution in [2.24, 2.45) is 0 Å². The summed E-state index contributed by atoms with van der Waals surface area (Å²) in [4.78, 5) is 28.2. The van der Waals surface area contributed by atoms with Crippen molar-refractivity contribution in [3.8, 4) is 0 Å². The van der Waals surface area contributed by atoms with Crippen LogP contribution >= 0.6 is 11.6 Å². The molecule has 0 aliphatic carbocycles. The largest absolute Gasteiger partial charge is 0.325 e. The van der Waals surface area contributed by atoms with Gasteiger partial charge in [0.1, 0.15) is 0 Å². The first-order valence-corrected chi connectivity index (χ1v) is 8.88. The molecule has 0 saturated carbocycles. The number of hydrogen-bond acceptors (Lipinski definition) is 3. The molecule has 6 heteroatoms. The van der Waals surface area contributed by atoms with Crippen molar-refractivity contribution in [1.82, 2.24) is 4.90 Å². The van der Waals surface area contributed by atoms with Crippen molar-refractivity contribution in [1.29, 1.82) is 0 Å². The highest BCUT2D eigenvalue weighted by Crippen LogP contribution is 2.20. The summed E-state index contributed by atoms with van der Waals surface area (Å²) in [7, 11) is 1.74. The standard InChI is InChI=1S/C20H24ClN3O2/c1-4-24(14-20(26)23(3)17-8-6-5-7-9-17)13-19(25)22-18-12-16(21)11-10-15(18)2/h5-12H,4,13-14H2,1-3H3,(H,22,25). The van der Waals surface area contributed by atoms with Crippen molar-refractivity contribution in [2.45, 2.75) is 13.8 Å². The summed E-state index contributed by atoms with van der Waals surface area (Å²) in [6.07, 6.45) is 0. The molecule has 26 heavy (non-hydrogen) atoms. The fourth-order valence-corrected chi connectivity index (χ4v) is 2.67. The highest BCUT2D eigenvalue weighted by molar-refractivity contribution is 6.31. The molecule has 0 aliphatic rings. The number of carbonyl (C=O) groups excluding carboxylic acids is 2. The molecule has 0 radical (unpaired) electrons. The summed E-state index contributed by atoms with van der Waals surface area (Å²) in [6, 6.07) is 14.8. The van der Waals surface area contributed by atoms with Gasteiger partial charge in [0.05, 0.1) is 13.1 Å². The molecule has 1 N–H and O–H groups in total. The van der Waals surface area contributed by atoms with E-state index in [-0.39, 0.29) is 24.9 Å². The quantitative estimate of drug-likeness (QED) is 0.807. The molecule has 0 aliphatic heterocycles. The first-order chi connectivity index (χ1) is 12.4. The van der Waals surface area contributed by atoms with Crippen LogP contribution in [-0.4, -0.2) is 43.4 Å². The van der Waals surface area contributed by atoms with Crippen molar-refractivity contribution in [3.05, 3.63) is 59.1 Å². The third-order valence-electron chi connectivity index (χ3n) is 4.16. The van der Waals surface area contributed by atoms with Gasteiger partial charge in [-0.15, -0.1) is 0 Å². The van der Waals surface area contributed by atoms with Gasteiger partial charge in [-0.2, -0.15) is 0 Å². The van der Waals surface area contributed by atoms with Gasteiger partial charge in [0, 0.05) is 23.4 Å². The zero-order valence-corrected chi connectivity index (χ0v) is 16.1. The summed E-state index contributed by atoms with van der Waals surface area (Å²) in [5, 5.41) is 3.43. The Balaban J connectivity index is 1.95. The third kappa shape index (κ3) is 5.58. The van der Waals surface area contributed by atoms with Crippen LogP contribution in [-0.2, 0) is 9.59 Å². The summed E-state index contributed by atoms with van der Waals surface area (Å²) in [5.74, 6) is -0.239. The second-order valence-electron chi connectivity index (χ2n) is 6.10. The molecule has 0 unspecified atom stereocenters. The van der Waals surface area contributed by atoms with Gasteiger partial charge >= 0.3 is 0 Å². The van der Waals surface area contributed by atoms with Crippen LogP contribution in [0.2, 0.25) is 5.02 Å². The van der Waals surface area contributed by atoms with Gasteiger partial charge in [-0.25, -0.2) is 0 Å². The van der Waals surface area contributed by atoms with Crippen molar-refractivity contribution >= 4 is 34.8 Å². The number of halogens is 1. The maximum atomic E-state index is 12.5. The molecule has 0 aromatic heterocycles. The van der Waals surface area contributed by atoms with Crippen LogP contribution in [0.25, 0.3) is 0 Å². The maximum Gasteiger partial charge on any atom is 0.240 e. The zero-order chi connectivity index (χ0) is 19.1. The van der Waals surface area contributed by atoms with Gasteiger partial charge < -0.3 is 10.2 Å². The van der Waals surface area contributed by atoms with Crippen LogP contribution < -0.4 is 10.2 Å². The molecule has 0 bridgehead atoms. The van der Waals surface area contributed by atoms with E-state index in [2.05, 4.69) is 5.32 Å². The van der Waals surface area contributed by atoms with E-state index >= 15 is 0 Å². The molecule has 0 saturated heterocycles. The van der Waals surface area contributed by atoms with Gasteiger partial charge in [0.25, 0.3) is 0 Å². The number of rotatable bonds is 7. The monoisotopic (exact) mass is 373 g/mol. The minimum atomic E-state index is -0.174. The molecule has 5 nitrogen and oxygen atoms in total. The normalized spacial score (nSPS) is 10.7. The number of nitrogens with zero attached hydrogens (tertiary/aromatic N) is 2. The fraction of sp³-hybridized carbons (Fsp3) is 0.300. The fourth-order valence-electron chi connectivity index (χ4n) is 2.49. The van der Waals surface area contributed by atoms with Crippen LogP contribution in [0.15, 0.2) is 48.5 Å². The zero-order valence-electron chi connectivity index (χ0n) is 15.3. The van der Waals surface area contributed by atoms with Crippen LogP contribution in [0, 0.1) is 6.92 Å². The Bertz CT molecular complexity index is 765. The molecule has 2 rings (SSSR count). The average molecular weight is 374 g/mol. The van der Waals surface area contributed by atoms with E-state index in [0.29, 0.717) is 17.3 Å². The molecule has 0 spiro atoms. The molecule has 138 valence electrons. The van der Waals surface area contributed by atoms with E-state index in [9.17, 15) is 9.59 Å². The van der Waals surface area contributed by atoms with Gasteiger partial charge in [-0.1, -0.05) is 42.8 Å². The Hall–Kier alpha value is -2.37. The second kappa shape index (κ2) is 9.36. The highest BCUT2D eigenvalue weighted by Gasteiger charge is 2.17. The maximum absolute atomic E-state index is 12.5. The Morgan fingerprint density at radius 2 is 1.77 bits per heavy atom. The summed E-state index contributed by atoms with van der Waals surface area (Å²) in [6.45, 7) is 4.73. The average Bonchev–Trinajstić information content (AvgIpc) is 2.64. The molecular weight excluding hydrogens is 350 g/mol. The minimum absolute atomic E-state index is 0.0650. The number of para-hydroxylation sites is 1. The summed E-state index contributed by atoms with van der Waals surface area (Å²) >= 11 is 5.98. The van der Waals surface area contributed by atoms with E-state index in [0.717, 1.165) is 11.3 Å². The minimum Gasteiger partial charge on any atom is -0.325 e. The number of likely N-dealkylation sites (N-methyl/N-ethyl adjacent to an activating group) is 2. The number of carbonyl (C=O) groups is 2. The van der Waals surface area contributed by atoms with E-state index in [1.807, 2.05) is 50.2 Å².